The van der Waals surface area contributed by atoms with Gasteiger partial charge in [0.15, 0.2) is 0 Å². The molecule has 2 rings (SSSR count). The molecule has 0 aromatic heterocycles. The molecule has 0 saturated carbocycles. The lowest BCUT2D eigenvalue weighted by molar-refractivity contribution is 0.559. The molecule has 0 amide bonds. The first kappa shape index (κ1) is 12.5. The van der Waals surface area contributed by atoms with Gasteiger partial charge in [-0.25, -0.2) is 0 Å². The molecule has 1 heterocycles. The molecule has 2 heteroatoms. The van der Waals surface area contributed by atoms with Crippen LogP contribution in [0, 0.1) is 0 Å². The van der Waals surface area contributed by atoms with Crippen molar-refractivity contribution in [2.45, 2.75) is 69.1 Å². The molecule has 1 aliphatic heterocycles. The van der Waals surface area contributed by atoms with Crippen molar-refractivity contribution in [1.82, 2.24) is 0 Å². The molecule has 2 N–H and O–H groups in total. The molecule has 0 aromatic carbocycles. The SMILES string of the molecule is NC(C1=CCCCCCC1)C1CCCCS1. The third-order valence-electron chi connectivity index (χ3n) is 3.87. The summed E-state index contributed by atoms with van der Waals surface area (Å²) in [5, 5.41) is 0.708. The number of rotatable bonds is 2. The second-order valence-electron chi connectivity index (χ2n) is 5.16. The minimum Gasteiger partial charge on any atom is -0.323 e. The molecule has 1 aliphatic carbocycles. The minimum atomic E-state index is 0.350. The summed E-state index contributed by atoms with van der Waals surface area (Å²) < 4.78 is 0. The summed E-state index contributed by atoms with van der Waals surface area (Å²) in [5.74, 6) is 1.33. The van der Waals surface area contributed by atoms with E-state index >= 15 is 0 Å². The lowest BCUT2D eigenvalue weighted by Crippen LogP contribution is -2.36. The fraction of sp³-hybridized carbons (Fsp3) is 0.857. The zero-order valence-electron chi connectivity index (χ0n) is 10.3. The molecule has 2 aliphatic rings. The molecule has 92 valence electrons. The van der Waals surface area contributed by atoms with E-state index in [0.717, 1.165) is 0 Å². The van der Waals surface area contributed by atoms with Gasteiger partial charge in [0.1, 0.15) is 0 Å². The second-order valence-corrected chi connectivity index (χ2v) is 6.51. The molecule has 0 spiro atoms. The van der Waals surface area contributed by atoms with Crippen LogP contribution in [0.4, 0.5) is 0 Å². The first-order valence-corrected chi connectivity index (χ1v) is 7.99. The molecule has 1 nitrogen and oxygen atoms in total. The third-order valence-corrected chi connectivity index (χ3v) is 5.35. The first-order chi connectivity index (χ1) is 7.88. The number of nitrogens with two attached hydrogens (primary N) is 1. The van der Waals surface area contributed by atoms with Gasteiger partial charge in [-0.1, -0.05) is 30.9 Å². The summed E-state index contributed by atoms with van der Waals surface area (Å²) in [4.78, 5) is 0. The Bertz CT molecular complexity index is 231. The minimum absolute atomic E-state index is 0.350. The lowest BCUT2D eigenvalue weighted by atomic mass is 9.92. The highest BCUT2D eigenvalue weighted by atomic mass is 32.2. The maximum atomic E-state index is 6.45. The van der Waals surface area contributed by atoms with E-state index in [9.17, 15) is 0 Å². The topological polar surface area (TPSA) is 26.0 Å². The van der Waals surface area contributed by atoms with Gasteiger partial charge in [-0.2, -0.15) is 11.8 Å². The zero-order valence-corrected chi connectivity index (χ0v) is 11.1. The molecular weight excluding hydrogens is 214 g/mol. The smallest absolute Gasteiger partial charge is 0.0374 e. The quantitative estimate of drug-likeness (QED) is 0.740. The average molecular weight is 239 g/mol. The van der Waals surface area contributed by atoms with Crippen molar-refractivity contribution in [3.8, 4) is 0 Å². The van der Waals surface area contributed by atoms with Crippen LogP contribution in [-0.4, -0.2) is 17.0 Å². The standard InChI is InChI=1S/C14H25NS/c15-14(13-10-6-7-11-16-13)12-8-4-2-1-3-5-9-12/h8,13-14H,1-7,9-11,15H2. The normalized spacial score (nSPS) is 30.1. The van der Waals surface area contributed by atoms with Crippen LogP contribution in [0.1, 0.15) is 57.8 Å². The molecule has 1 fully saturated rings. The summed E-state index contributed by atoms with van der Waals surface area (Å²) >= 11 is 2.11. The van der Waals surface area contributed by atoms with Crippen molar-refractivity contribution in [2.24, 2.45) is 5.73 Å². The molecule has 0 aromatic rings. The summed E-state index contributed by atoms with van der Waals surface area (Å²) in [6, 6.07) is 0.350. The van der Waals surface area contributed by atoms with Gasteiger partial charge in [0.25, 0.3) is 0 Å². The Morgan fingerprint density at radius 2 is 2.00 bits per heavy atom. The van der Waals surface area contributed by atoms with E-state index in [4.69, 9.17) is 5.73 Å². The highest BCUT2D eigenvalue weighted by Gasteiger charge is 2.23. The number of thioether (sulfide) groups is 1. The summed E-state index contributed by atoms with van der Waals surface area (Å²) in [7, 11) is 0. The van der Waals surface area contributed by atoms with Gasteiger partial charge < -0.3 is 5.73 Å². The highest BCUT2D eigenvalue weighted by Crippen LogP contribution is 2.31. The van der Waals surface area contributed by atoms with Crippen LogP contribution in [0.5, 0.6) is 0 Å². The van der Waals surface area contributed by atoms with Gasteiger partial charge in [-0.15, -0.1) is 0 Å². The van der Waals surface area contributed by atoms with Crippen molar-refractivity contribution >= 4 is 11.8 Å². The van der Waals surface area contributed by atoms with Crippen molar-refractivity contribution in [2.75, 3.05) is 5.75 Å². The van der Waals surface area contributed by atoms with Gasteiger partial charge in [0.05, 0.1) is 0 Å². The van der Waals surface area contributed by atoms with E-state index in [1.165, 1.54) is 63.5 Å². The maximum Gasteiger partial charge on any atom is 0.0374 e. The van der Waals surface area contributed by atoms with Gasteiger partial charge in [-0.3, -0.25) is 0 Å². The highest BCUT2D eigenvalue weighted by molar-refractivity contribution is 8.00. The summed E-state index contributed by atoms with van der Waals surface area (Å²) in [5.41, 5.74) is 8.02. The number of hydrogen-bond donors (Lipinski definition) is 1. The van der Waals surface area contributed by atoms with Crippen LogP contribution in [0.25, 0.3) is 0 Å². The fourth-order valence-corrected chi connectivity index (χ4v) is 4.20. The Balaban J connectivity index is 1.92. The van der Waals surface area contributed by atoms with Gasteiger partial charge in [0.2, 0.25) is 0 Å². The second kappa shape index (κ2) is 6.70. The van der Waals surface area contributed by atoms with E-state index in [2.05, 4.69) is 17.8 Å². The van der Waals surface area contributed by atoms with Crippen LogP contribution in [0.2, 0.25) is 0 Å². The van der Waals surface area contributed by atoms with Gasteiger partial charge in [-0.05, 0) is 44.3 Å². The van der Waals surface area contributed by atoms with Crippen LogP contribution in [0.3, 0.4) is 0 Å². The monoisotopic (exact) mass is 239 g/mol. The zero-order chi connectivity index (χ0) is 11.2. The van der Waals surface area contributed by atoms with E-state index in [0.29, 0.717) is 11.3 Å². The lowest BCUT2D eigenvalue weighted by Gasteiger charge is -2.29. The van der Waals surface area contributed by atoms with Crippen LogP contribution in [0.15, 0.2) is 11.6 Å². The van der Waals surface area contributed by atoms with Crippen molar-refractivity contribution in [3.63, 3.8) is 0 Å². The molecule has 0 bridgehead atoms. The predicted molar refractivity (Wildman–Crippen MR) is 73.9 cm³/mol. The summed E-state index contributed by atoms with van der Waals surface area (Å²) in [6.45, 7) is 0. The van der Waals surface area contributed by atoms with Gasteiger partial charge >= 0.3 is 0 Å². The largest absolute Gasteiger partial charge is 0.323 e. The average Bonchev–Trinajstić information content (AvgIpc) is 2.29. The predicted octanol–water partition coefficient (Wildman–Crippen LogP) is 3.88. The molecule has 0 radical (unpaired) electrons. The first-order valence-electron chi connectivity index (χ1n) is 6.94. The van der Waals surface area contributed by atoms with E-state index in [1.54, 1.807) is 5.57 Å². The summed E-state index contributed by atoms with van der Waals surface area (Å²) in [6.07, 6.45) is 14.6. The Labute approximate surface area is 104 Å². The molecule has 2 atom stereocenters. The van der Waals surface area contributed by atoms with Crippen LogP contribution >= 0.6 is 11.8 Å². The van der Waals surface area contributed by atoms with E-state index < -0.39 is 0 Å². The van der Waals surface area contributed by atoms with E-state index in [-0.39, 0.29) is 0 Å². The maximum absolute atomic E-state index is 6.45. The Hall–Kier alpha value is 0.0500. The van der Waals surface area contributed by atoms with Gasteiger partial charge in [0, 0.05) is 11.3 Å². The van der Waals surface area contributed by atoms with Crippen LogP contribution < -0.4 is 5.73 Å². The molecule has 1 saturated heterocycles. The fourth-order valence-electron chi connectivity index (χ4n) is 2.81. The molecule has 2 unspecified atom stereocenters. The third kappa shape index (κ3) is 3.53. The number of allylic oxidation sites excluding steroid dienone is 1. The molecule has 16 heavy (non-hydrogen) atoms. The van der Waals surface area contributed by atoms with Crippen LogP contribution in [-0.2, 0) is 0 Å². The van der Waals surface area contributed by atoms with Crippen molar-refractivity contribution in [3.05, 3.63) is 11.6 Å². The Morgan fingerprint density at radius 3 is 2.81 bits per heavy atom. The van der Waals surface area contributed by atoms with E-state index in [1.807, 2.05) is 0 Å². The number of hydrogen-bond acceptors (Lipinski definition) is 2. The van der Waals surface area contributed by atoms with Crippen molar-refractivity contribution < 1.29 is 0 Å². The molecular formula is C14H25NS. The Morgan fingerprint density at radius 1 is 1.12 bits per heavy atom. The Kier molecular flexibility index (Phi) is 5.24. The van der Waals surface area contributed by atoms with Crippen molar-refractivity contribution in [1.29, 1.82) is 0 Å².